The number of anilines is 2. The fourth-order valence-corrected chi connectivity index (χ4v) is 2.08. The molecule has 0 unspecified atom stereocenters. The number of nitrogens with one attached hydrogen (secondary N) is 1. The largest absolute Gasteiger partial charge is 0.494 e. The molecule has 0 spiro atoms. The number of amides is 1. The molecule has 2 rings (SSSR count). The van der Waals surface area contributed by atoms with Crippen LogP contribution >= 0.6 is 11.3 Å². The normalized spacial score (nSPS) is 10.2. The van der Waals surface area contributed by atoms with E-state index in [9.17, 15) is 9.18 Å². The number of halogens is 1. The highest BCUT2D eigenvalue weighted by Gasteiger charge is 2.09. The van der Waals surface area contributed by atoms with Crippen molar-refractivity contribution in [2.45, 2.75) is 6.42 Å². The van der Waals surface area contributed by atoms with Crippen LogP contribution in [0.25, 0.3) is 0 Å². The third-order valence-corrected chi connectivity index (χ3v) is 3.07. The molecule has 0 saturated heterocycles. The molecule has 2 aromatic rings. The fraction of sp³-hybridized carbons (Fsp3) is 0.167. The Morgan fingerprint density at radius 1 is 1.58 bits per heavy atom. The molecule has 0 aliphatic carbocycles. The summed E-state index contributed by atoms with van der Waals surface area (Å²) in [6, 6.07) is 4.22. The number of hydrogen-bond donors (Lipinski definition) is 2. The molecule has 0 saturated carbocycles. The molecule has 0 radical (unpaired) electrons. The third-order valence-electron chi connectivity index (χ3n) is 2.35. The molecule has 0 atom stereocenters. The van der Waals surface area contributed by atoms with E-state index in [4.69, 9.17) is 10.5 Å². The van der Waals surface area contributed by atoms with E-state index in [-0.39, 0.29) is 18.1 Å². The van der Waals surface area contributed by atoms with E-state index in [1.165, 1.54) is 30.6 Å². The monoisotopic (exact) mass is 281 g/mol. The summed E-state index contributed by atoms with van der Waals surface area (Å²) in [5.74, 6) is -0.682. The summed E-state index contributed by atoms with van der Waals surface area (Å²) in [5.41, 5.74) is 6.43. The number of benzene rings is 1. The average Bonchev–Trinajstić information content (AvgIpc) is 2.74. The van der Waals surface area contributed by atoms with Crippen molar-refractivity contribution in [1.29, 1.82) is 0 Å². The maximum atomic E-state index is 13.4. The van der Waals surface area contributed by atoms with Crippen LogP contribution in [-0.4, -0.2) is 18.0 Å². The minimum Gasteiger partial charge on any atom is -0.494 e. The zero-order chi connectivity index (χ0) is 13.8. The highest BCUT2D eigenvalue weighted by molar-refractivity contribution is 7.13. The number of hydrogen-bond acceptors (Lipinski definition) is 5. The quantitative estimate of drug-likeness (QED) is 0.899. The molecule has 1 aromatic heterocycles. The van der Waals surface area contributed by atoms with Crippen molar-refractivity contribution in [1.82, 2.24) is 4.98 Å². The van der Waals surface area contributed by atoms with Gasteiger partial charge in [0.2, 0.25) is 5.91 Å². The second-order valence-corrected chi connectivity index (χ2v) is 4.64. The van der Waals surface area contributed by atoms with Crippen LogP contribution in [-0.2, 0) is 11.2 Å². The van der Waals surface area contributed by atoms with Crippen molar-refractivity contribution in [3.8, 4) is 5.75 Å². The number of nitrogens with two attached hydrogens (primary N) is 1. The maximum Gasteiger partial charge on any atom is 0.230 e. The number of nitrogen functional groups attached to an aromatic ring is 1. The van der Waals surface area contributed by atoms with E-state index in [1.807, 2.05) is 0 Å². The summed E-state index contributed by atoms with van der Waals surface area (Å²) in [4.78, 5) is 15.7. The number of aromatic nitrogens is 1. The Kier molecular flexibility index (Phi) is 3.96. The molecule has 0 aliphatic heterocycles. The van der Waals surface area contributed by atoms with Gasteiger partial charge >= 0.3 is 0 Å². The lowest BCUT2D eigenvalue weighted by atomic mass is 10.2. The number of ether oxygens (including phenoxy) is 1. The van der Waals surface area contributed by atoms with Crippen LogP contribution in [0, 0.1) is 5.82 Å². The number of nitrogens with zero attached hydrogens (tertiary/aromatic N) is 1. The first-order valence-electron chi connectivity index (χ1n) is 5.42. The van der Waals surface area contributed by atoms with Crippen LogP contribution in [0.3, 0.4) is 0 Å². The molecular formula is C12H12FN3O2S. The van der Waals surface area contributed by atoms with Crippen LogP contribution in [0.1, 0.15) is 5.69 Å². The Bertz CT molecular complexity index is 600. The SMILES string of the molecule is COc1ccc(NC(=O)Cc2csc(N)n2)cc1F. The summed E-state index contributed by atoms with van der Waals surface area (Å²) in [6.07, 6.45) is 0.0986. The van der Waals surface area contributed by atoms with Crippen molar-refractivity contribution in [2.75, 3.05) is 18.2 Å². The summed E-state index contributed by atoms with van der Waals surface area (Å²) in [5, 5.41) is 4.71. The molecular weight excluding hydrogens is 269 g/mol. The molecule has 1 heterocycles. The lowest BCUT2D eigenvalue weighted by Crippen LogP contribution is -2.14. The van der Waals surface area contributed by atoms with Gasteiger partial charge < -0.3 is 15.8 Å². The second kappa shape index (κ2) is 5.66. The lowest BCUT2D eigenvalue weighted by molar-refractivity contribution is -0.115. The van der Waals surface area contributed by atoms with Gasteiger partial charge in [-0.2, -0.15) is 0 Å². The molecule has 1 aromatic carbocycles. The number of carbonyl (C=O) groups excluding carboxylic acids is 1. The zero-order valence-electron chi connectivity index (χ0n) is 10.1. The molecule has 5 nitrogen and oxygen atoms in total. The van der Waals surface area contributed by atoms with E-state index < -0.39 is 5.82 Å². The average molecular weight is 281 g/mol. The molecule has 0 aliphatic rings. The van der Waals surface area contributed by atoms with Crippen molar-refractivity contribution < 1.29 is 13.9 Å². The molecule has 19 heavy (non-hydrogen) atoms. The van der Waals surface area contributed by atoms with Crippen LogP contribution < -0.4 is 15.8 Å². The minimum absolute atomic E-state index is 0.0986. The molecule has 3 N–H and O–H groups in total. The van der Waals surface area contributed by atoms with Gasteiger partial charge in [-0.15, -0.1) is 11.3 Å². The van der Waals surface area contributed by atoms with Crippen molar-refractivity contribution in [3.63, 3.8) is 0 Å². The van der Waals surface area contributed by atoms with E-state index >= 15 is 0 Å². The Labute approximate surface area is 113 Å². The lowest BCUT2D eigenvalue weighted by Gasteiger charge is -2.06. The van der Waals surface area contributed by atoms with Gasteiger partial charge in [0, 0.05) is 17.1 Å². The van der Waals surface area contributed by atoms with Gasteiger partial charge in [0.1, 0.15) is 0 Å². The Hall–Kier alpha value is -2.15. The standard InChI is InChI=1S/C12H12FN3O2S/c1-18-10-3-2-7(4-9(10)13)15-11(17)5-8-6-19-12(14)16-8/h2-4,6H,5H2,1H3,(H2,14,16)(H,15,17). The Morgan fingerprint density at radius 3 is 2.95 bits per heavy atom. The van der Waals surface area contributed by atoms with Crippen LogP contribution in [0.2, 0.25) is 0 Å². The van der Waals surface area contributed by atoms with E-state index in [0.29, 0.717) is 16.5 Å². The van der Waals surface area contributed by atoms with Gasteiger partial charge in [-0.05, 0) is 12.1 Å². The topological polar surface area (TPSA) is 77.2 Å². The second-order valence-electron chi connectivity index (χ2n) is 3.75. The van der Waals surface area contributed by atoms with Gasteiger partial charge in [-0.3, -0.25) is 4.79 Å². The third kappa shape index (κ3) is 3.41. The first-order valence-corrected chi connectivity index (χ1v) is 6.29. The van der Waals surface area contributed by atoms with Gasteiger partial charge in [-0.25, -0.2) is 9.37 Å². The number of carbonyl (C=O) groups is 1. The number of methoxy groups -OCH3 is 1. The zero-order valence-corrected chi connectivity index (χ0v) is 11.0. The van der Waals surface area contributed by atoms with Crippen LogP contribution in [0.15, 0.2) is 23.6 Å². The van der Waals surface area contributed by atoms with Crippen molar-refractivity contribution in [3.05, 3.63) is 35.1 Å². The highest BCUT2D eigenvalue weighted by atomic mass is 32.1. The fourth-order valence-electron chi connectivity index (χ4n) is 1.52. The first-order chi connectivity index (χ1) is 9.08. The minimum atomic E-state index is -0.529. The van der Waals surface area contributed by atoms with E-state index in [0.717, 1.165) is 0 Å². The van der Waals surface area contributed by atoms with Crippen LogP contribution in [0.4, 0.5) is 15.2 Å². The molecule has 7 heteroatoms. The van der Waals surface area contributed by atoms with E-state index in [1.54, 1.807) is 11.4 Å². The Balaban J connectivity index is 2.00. The maximum absolute atomic E-state index is 13.4. The Morgan fingerprint density at radius 2 is 2.37 bits per heavy atom. The predicted octanol–water partition coefficient (Wildman–Crippen LogP) is 2.05. The summed E-state index contributed by atoms with van der Waals surface area (Å²) >= 11 is 1.27. The summed E-state index contributed by atoms with van der Waals surface area (Å²) in [7, 11) is 1.38. The molecule has 0 bridgehead atoms. The number of thiazole rings is 1. The van der Waals surface area contributed by atoms with Gasteiger partial charge in [0.05, 0.1) is 19.2 Å². The molecule has 100 valence electrons. The van der Waals surface area contributed by atoms with Crippen LogP contribution in [0.5, 0.6) is 5.75 Å². The summed E-state index contributed by atoms with van der Waals surface area (Å²) < 4.78 is 18.2. The first kappa shape index (κ1) is 13.3. The summed E-state index contributed by atoms with van der Waals surface area (Å²) in [6.45, 7) is 0. The highest BCUT2D eigenvalue weighted by Crippen LogP contribution is 2.20. The van der Waals surface area contributed by atoms with Crippen molar-refractivity contribution >= 4 is 28.1 Å². The van der Waals surface area contributed by atoms with Crippen molar-refractivity contribution in [2.24, 2.45) is 0 Å². The van der Waals surface area contributed by atoms with Gasteiger partial charge in [-0.1, -0.05) is 0 Å². The predicted molar refractivity (Wildman–Crippen MR) is 71.8 cm³/mol. The smallest absolute Gasteiger partial charge is 0.230 e. The number of rotatable bonds is 4. The van der Waals surface area contributed by atoms with Gasteiger partial charge in [0.25, 0.3) is 0 Å². The molecule has 0 fully saturated rings. The van der Waals surface area contributed by atoms with E-state index in [2.05, 4.69) is 10.3 Å². The molecule has 1 amide bonds. The van der Waals surface area contributed by atoms with Gasteiger partial charge in [0.15, 0.2) is 16.7 Å².